The van der Waals surface area contributed by atoms with Crippen LogP contribution in [0.4, 0.5) is 4.39 Å². The summed E-state index contributed by atoms with van der Waals surface area (Å²) in [6, 6.07) is 16.2. The van der Waals surface area contributed by atoms with E-state index in [9.17, 15) is 9.18 Å². The molecule has 0 bridgehead atoms. The van der Waals surface area contributed by atoms with Gasteiger partial charge in [-0.2, -0.15) is 0 Å². The first-order chi connectivity index (χ1) is 12.2. The molecule has 0 unspecified atom stereocenters. The first kappa shape index (κ1) is 15.1. The quantitative estimate of drug-likeness (QED) is 0.510. The Morgan fingerprint density at radius 3 is 2.60 bits per heavy atom. The van der Waals surface area contributed by atoms with Crippen molar-refractivity contribution in [3.63, 3.8) is 0 Å². The second-order valence-electron chi connectivity index (χ2n) is 5.32. The van der Waals surface area contributed by atoms with Crippen LogP contribution in [-0.2, 0) is 11.3 Å². The smallest absolute Gasteiger partial charge is 0.374 e. The summed E-state index contributed by atoms with van der Waals surface area (Å²) in [6.07, 6.45) is 0. The fraction of sp³-hybridized carbons (Fsp3) is 0.0526. The van der Waals surface area contributed by atoms with Crippen molar-refractivity contribution in [2.75, 3.05) is 0 Å². The molecule has 0 saturated carbocycles. The summed E-state index contributed by atoms with van der Waals surface area (Å²) in [5.74, 6) is -0.159. The molecule has 2 aromatic carbocycles. The number of benzene rings is 2. The normalized spacial score (nSPS) is 10.9. The Morgan fingerprint density at radius 2 is 1.80 bits per heavy atom. The van der Waals surface area contributed by atoms with Crippen molar-refractivity contribution in [2.24, 2.45) is 0 Å². The summed E-state index contributed by atoms with van der Waals surface area (Å²) in [5, 5.41) is 0. The third-order valence-corrected chi connectivity index (χ3v) is 3.60. The lowest BCUT2D eigenvalue weighted by Crippen LogP contribution is -2.04. The van der Waals surface area contributed by atoms with Crippen LogP contribution in [0.5, 0.6) is 0 Å². The summed E-state index contributed by atoms with van der Waals surface area (Å²) < 4.78 is 29.1. The maximum atomic E-state index is 13.0. The number of halogens is 1. The van der Waals surface area contributed by atoms with Crippen LogP contribution in [0, 0.1) is 5.82 Å². The van der Waals surface area contributed by atoms with E-state index in [-0.39, 0.29) is 18.2 Å². The van der Waals surface area contributed by atoms with Crippen molar-refractivity contribution < 1.29 is 22.8 Å². The van der Waals surface area contributed by atoms with Gasteiger partial charge >= 0.3 is 5.97 Å². The van der Waals surface area contributed by atoms with E-state index in [0.29, 0.717) is 28.3 Å². The molecule has 0 saturated heterocycles. The van der Waals surface area contributed by atoms with E-state index in [4.69, 9.17) is 13.6 Å². The number of rotatable bonds is 4. The Balaban J connectivity index is 1.45. The van der Waals surface area contributed by atoms with Crippen molar-refractivity contribution in [1.82, 2.24) is 4.98 Å². The van der Waals surface area contributed by atoms with Crippen LogP contribution in [0.3, 0.4) is 0 Å². The van der Waals surface area contributed by atoms with Crippen molar-refractivity contribution in [3.8, 4) is 11.3 Å². The van der Waals surface area contributed by atoms with Gasteiger partial charge in [-0.1, -0.05) is 12.1 Å². The van der Waals surface area contributed by atoms with Crippen LogP contribution in [0.25, 0.3) is 22.4 Å². The van der Waals surface area contributed by atoms with E-state index in [1.165, 1.54) is 18.2 Å². The van der Waals surface area contributed by atoms with Crippen LogP contribution in [-0.4, -0.2) is 11.0 Å². The van der Waals surface area contributed by atoms with Crippen LogP contribution in [0.2, 0.25) is 0 Å². The zero-order valence-electron chi connectivity index (χ0n) is 12.9. The number of esters is 1. The molecule has 0 aliphatic carbocycles. The predicted octanol–water partition coefficient (Wildman–Crippen LogP) is 4.58. The molecule has 124 valence electrons. The molecule has 0 fully saturated rings. The van der Waals surface area contributed by atoms with Gasteiger partial charge in [-0.05, 0) is 48.5 Å². The van der Waals surface area contributed by atoms with E-state index in [1.807, 2.05) is 18.2 Å². The van der Waals surface area contributed by atoms with E-state index in [0.717, 1.165) is 0 Å². The lowest BCUT2D eigenvalue weighted by atomic mass is 10.2. The van der Waals surface area contributed by atoms with Crippen LogP contribution in [0.1, 0.15) is 16.4 Å². The molecule has 25 heavy (non-hydrogen) atoms. The number of fused-ring (bicyclic) bond motifs is 1. The Hall–Kier alpha value is -3.41. The maximum Gasteiger partial charge on any atom is 0.374 e. The Labute approximate surface area is 141 Å². The molecule has 6 heteroatoms. The fourth-order valence-electron chi connectivity index (χ4n) is 2.40. The minimum atomic E-state index is -0.629. The predicted molar refractivity (Wildman–Crippen MR) is 87.2 cm³/mol. The van der Waals surface area contributed by atoms with Gasteiger partial charge in [-0.3, -0.25) is 0 Å². The van der Waals surface area contributed by atoms with Crippen LogP contribution < -0.4 is 0 Å². The summed E-state index contributed by atoms with van der Waals surface area (Å²) in [7, 11) is 0. The average molecular weight is 337 g/mol. The maximum absolute atomic E-state index is 13.0. The zero-order chi connectivity index (χ0) is 17.2. The Morgan fingerprint density at radius 1 is 1.00 bits per heavy atom. The van der Waals surface area contributed by atoms with Crippen LogP contribution in [0.15, 0.2) is 69.5 Å². The second-order valence-corrected chi connectivity index (χ2v) is 5.32. The van der Waals surface area contributed by atoms with Crippen molar-refractivity contribution in [3.05, 3.63) is 78.1 Å². The highest BCUT2D eigenvalue weighted by Gasteiger charge is 2.15. The van der Waals surface area contributed by atoms with Gasteiger partial charge in [0, 0.05) is 5.56 Å². The molecule has 0 aliphatic heterocycles. The first-order valence-corrected chi connectivity index (χ1v) is 7.56. The number of carbonyl (C=O) groups is 1. The van der Waals surface area contributed by atoms with Gasteiger partial charge in [-0.25, -0.2) is 14.2 Å². The third-order valence-electron chi connectivity index (χ3n) is 3.60. The molecule has 0 atom stereocenters. The van der Waals surface area contributed by atoms with Gasteiger partial charge < -0.3 is 13.6 Å². The van der Waals surface area contributed by atoms with Gasteiger partial charge in [0.15, 0.2) is 12.2 Å². The summed E-state index contributed by atoms with van der Waals surface area (Å²) in [6.45, 7) is -0.0971. The molecule has 0 aliphatic rings. The number of oxazole rings is 1. The van der Waals surface area contributed by atoms with E-state index < -0.39 is 5.97 Å². The molecule has 4 aromatic rings. The molecular weight excluding hydrogens is 325 g/mol. The molecule has 5 nitrogen and oxygen atoms in total. The topological polar surface area (TPSA) is 65.5 Å². The van der Waals surface area contributed by atoms with E-state index in [1.54, 1.807) is 24.3 Å². The van der Waals surface area contributed by atoms with Gasteiger partial charge in [0.25, 0.3) is 0 Å². The number of furan rings is 1. The number of para-hydroxylation sites is 2. The lowest BCUT2D eigenvalue weighted by molar-refractivity contribution is 0.0405. The van der Waals surface area contributed by atoms with Crippen molar-refractivity contribution in [2.45, 2.75) is 6.61 Å². The highest BCUT2D eigenvalue weighted by molar-refractivity contribution is 5.87. The van der Waals surface area contributed by atoms with E-state index >= 15 is 0 Å². The largest absolute Gasteiger partial charge is 0.450 e. The Kier molecular flexibility index (Phi) is 3.78. The van der Waals surface area contributed by atoms with Crippen molar-refractivity contribution in [1.29, 1.82) is 0 Å². The molecule has 0 amide bonds. The highest BCUT2D eigenvalue weighted by atomic mass is 19.1. The van der Waals surface area contributed by atoms with E-state index in [2.05, 4.69) is 4.98 Å². The number of nitrogens with zero attached hydrogens (tertiary/aromatic N) is 1. The number of carbonyl (C=O) groups excluding carboxylic acids is 1. The van der Waals surface area contributed by atoms with Crippen molar-refractivity contribution >= 4 is 17.1 Å². The van der Waals surface area contributed by atoms with Crippen LogP contribution >= 0.6 is 0 Å². The summed E-state index contributed by atoms with van der Waals surface area (Å²) >= 11 is 0. The number of hydrogen-bond acceptors (Lipinski definition) is 5. The zero-order valence-corrected chi connectivity index (χ0v) is 12.9. The fourth-order valence-corrected chi connectivity index (χ4v) is 2.40. The Bertz CT molecular complexity index is 1000. The minimum absolute atomic E-state index is 0.0513. The second kappa shape index (κ2) is 6.24. The van der Waals surface area contributed by atoms with Gasteiger partial charge in [0.2, 0.25) is 11.7 Å². The molecule has 0 radical (unpaired) electrons. The SMILES string of the molecule is O=C(OCc1nc2ccccc2o1)c1ccc(-c2ccc(F)cc2)o1. The highest BCUT2D eigenvalue weighted by Crippen LogP contribution is 2.23. The first-order valence-electron chi connectivity index (χ1n) is 7.56. The standard InChI is InChI=1S/C19H12FNO4/c20-13-7-5-12(6-8-13)15-9-10-17(24-15)19(22)23-11-18-21-14-3-1-2-4-16(14)25-18/h1-10H,11H2. The molecule has 4 rings (SSSR count). The van der Waals surface area contributed by atoms with Gasteiger partial charge in [0.05, 0.1) is 0 Å². The number of ether oxygens (including phenoxy) is 1. The average Bonchev–Trinajstić information content (AvgIpc) is 3.27. The monoisotopic (exact) mass is 337 g/mol. The van der Waals surface area contributed by atoms with Gasteiger partial charge in [-0.15, -0.1) is 0 Å². The lowest BCUT2D eigenvalue weighted by Gasteiger charge is -1.99. The molecule has 0 spiro atoms. The third kappa shape index (κ3) is 3.14. The summed E-state index contributed by atoms with van der Waals surface area (Å²) in [5.41, 5.74) is 2.00. The number of aromatic nitrogens is 1. The van der Waals surface area contributed by atoms with Gasteiger partial charge in [0.1, 0.15) is 17.1 Å². The number of hydrogen-bond donors (Lipinski definition) is 0. The summed E-state index contributed by atoms with van der Waals surface area (Å²) in [4.78, 5) is 16.3. The molecule has 2 aromatic heterocycles. The molecule has 2 heterocycles. The minimum Gasteiger partial charge on any atom is -0.450 e. The molecular formula is C19H12FNO4. The molecule has 0 N–H and O–H groups in total.